The van der Waals surface area contributed by atoms with Crippen molar-refractivity contribution in [3.05, 3.63) is 48.3 Å². The van der Waals surface area contributed by atoms with E-state index in [1.165, 1.54) is 29.2 Å². The Bertz CT molecular complexity index is 836. The van der Waals surface area contributed by atoms with Gasteiger partial charge in [0.25, 0.3) is 0 Å². The van der Waals surface area contributed by atoms with Crippen LogP contribution in [0.25, 0.3) is 0 Å². The second-order valence-corrected chi connectivity index (χ2v) is 5.82. The number of carbonyl (C=O) groups is 2. The van der Waals surface area contributed by atoms with E-state index in [9.17, 15) is 14.0 Å². The molecule has 0 N–H and O–H groups in total. The molecule has 0 bridgehead atoms. The third kappa shape index (κ3) is 3.00. The van der Waals surface area contributed by atoms with Crippen molar-refractivity contribution in [3.63, 3.8) is 0 Å². The molecule has 0 unspecified atom stereocenters. The predicted octanol–water partition coefficient (Wildman–Crippen LogP) is 2.51. The Morgan fingerprint density at radius 1 is 1.12 bits per heavy atom. The first kappa shape index (κ1) is 15.4. The molecule has 7 heteroatoms. The Labute approximate surface area is 142 Å². The third-order valence-corrected chi connectivity index (χ3v) is 4.16. The molecule has 1 fully saturated rings. The van der Waals surface area contributed by atoms with E-state index in [0.717, 1.165) is 0 Å². The lowest BCUT2D eigenvalue weighted by Gasteiger charge is -2.17. The summed E-state index contributed by atoms with van der Waals surface area (Å²) in [5.74, 6) is -0.221. The van der Waals surface area contributed by atoms with Crippen molar-refractivity contribution in [2.45, 2.75) is 6.42 Å². The van der Waals surface area contributed by atoms with Crippen LogP contribution in [0.1, 0.15) is 6.42 Å². The van der Waals surface area contributed by atoms with Gasteiger partial charge in [-0.1, -0.05) is 0 Å². The standard InChI is InChI=1S/C18H14FNO5/c19-12-1-4-14(5-2-12)25-18(22)11-7-17(21)20(9-11)13-3-6-15-16(8-13)24-10-23-15/h1-6,8,11H,7,9-10H2/t11-/m0/s1. The summed E-state index contributed by atoms with van der Waals surface area (Å²) in [5, 5.41) is 0. The Morgan fingerprint density at radius 2 is 1.88 bits per heavy atom. The second kappa shape index (κ2) is 6.08. The monoisotopic (exact) mass is 343 g/mol. The van der Waals surface area contributed by atoms with Crippen LogP contribution >= 0.6 is 0 Å². The fourth-order valence-electron chi connectivity index (χ4n) is 2.87. The quantitative estimate of drug-likeness (QED) is 0.633. The molecule has 0 aliphatic carbocycles. The van der Waals surface area contributed by atoms with Crippen molar-refractivity contribution in [1.29, 1.82) is 0 Å². The Balaban J connectivity index is 1.46. The van der Waals surface area contributed by atoms with Crippen LogP contribution in [0.3, 0.4) is 0 Å². The van der Waals surface area contributed by atoms with Crippen LogP contribution in [-0.2, 0) is 9.59 Å². The summed E-state index contributed by atoms with van der Waals surface area (Å²) in [5.41, 5.74) is 0.645. The van der Waals surface area contributed by atoms with Crippen molar-refractivity contribution in [3.8, 4) is 17.2 Å². The molecule has 0 spiro atoms. The number of amides is 1. The number of anilines is 1. The molecule has 0 saturated carbocycles. The number of halogens is 1. The van der Waals surface area contributed by atoms with Crippen molar-refractivity contribution >= 4 is 17.6 Å². The highest BCUT2D eigenvalue weighted by Gasteiger charge is 2.37. The average Bonchev–Trinajstić information content (AvgIpc) is 3.22. The smallest absolute Gasteiger partial charge is 0.316 e. The Hall–Kier alpha value is -3.09. The largest absolute Gasteiger partial charge is 0.454 e. The molecule has 2 heterocycles. The number of rotatable bonds is 3. The third-order valence-electron chi connectivity index (χ3n) is 4.16. The van der Waals surface area contributed by atoms with Crippen LogP contribution < -0.4 is 19.1 Å². The van der Waals surface area contributed by atoms with Gasteiger partial charge in [0, 0.05) is 24.7 Å². The SMILES string of the molecule is O=C(Oc1ccc(F)cc1)[C@H]1CC(=O)N(c2ccc3c(c2)OCO3)C1. The average molecular weight is 343 g/mol. The molecular weight excluding hydrogens is 329 g/mol. The summed E-state index contributed by atoms with van der Waals surface area (Å²) in [6, 6.07) is 10.4. The van der Waals surface area contributed by atoms with Gasteiger partial charge in [0.15, 0.2) is 11.5 Å². The minimum absolute atomic E-state index is 0.0640. The highest BCUT2D eigenvalue weighted by atomic mass is 19.1. The van der Waals surface area contributed by atoms with Crippen LogP contribution in [0.5, 0.6) is 17.2 Å². The van der Waals surface area contributed by atoms with Gasteiger partial charge >= 0.3 is 5.97 Å². The van der Waals surface area contributed by atoms with Crippen molar-refractivity contribution in [2.24, 2.45) is 5.92 Å². The van der Waals surface area contributed by atoms with E-state index >= 15 is 0 Å². The van der Waals surface area contributed by atoms with Gasteiger partial charge in [-0.3, -0.25) is 9.59 Å². The van der Waals surface area contributed by atoms with Crippen LogP contribution in [0.2, 0.25) is 0 Å². The highest BCUT2D eigenvalue weighted by molar-refractivity contribution is 6.00. The van der Waals surface area contributed by atoms with E-state index in [0.29, 0.717) is 17.2 Å². The van der Waals surface area contributed by atoms with Gasteiger partial charge in [-0.05, 0) is 36.4 Å². The zero-order valence-electron chi connectivity index (χ0n) is 13.1. The molecule has 2 aliphatic rings. The molecule has 1 amide bonds. The molecule has 1 saturated heterocycles. The van der Waals surface area contributed by atoms with Crippen LogP contribution in [0, 0.1) is 11.7 Å². The Kier molecular flexibility index (Phi) is 3.76. The highest BCUT2D eigenvalue weighted by Crippen LogP contribution is 2.37. The molecule has 6 nitrogen and oxygen atoms in total. The first-order valence-corrected chi connectivity index (χ1v) is 7.77. The first-order chi connectivity index (χ1) is 12.1. The number of benzene rings is 2. The number of hydrogen-bond donors (Lipinski definition) is 0. The number of carbonyl (C=O) groups excluding carboxylic acids is 2. The number of hydrogen-bond acceptors (Lipinski definition) is 5. The van der Waals surface area contributed by atoms with Gasteiger partial charge in [-0.25, -0.2) is 4.39 Å². The zero-order chi connectivity index (χ0) is 17.4. The summed E-state index contributed by atoms with van der Waals surface area (Å²) in [6.07, 6.45) is 0.0640. The molecule has 2 aliphatic heterocycles. The Morgan fingerprint density at radius 3 is 2.68 bits per heavy atom. The lowest BCUT2D eigenvalue weighted by molar-refractivity contribution is -0.139. The normalized spacial score (nSPS) is 18.5. The number of nitrogens with zero attached hydrogens (tertiary/aromatic N) is 1. The lowest BCUT2D eigenvalue weighted by atomic mass is 10.1. The summed E-state index contributed by atoms with van der Waals surface area (Å²) in [6.45, 7) is 0.373. The van der Waals surface area contributed by atoms with Crippen molar-refractivity contribution in [1.82, 2.24) is 0 Å². The molecule has 0 aromatic heterocycles. The minimum Gasteiger partial charge on any atom is -0.454 e. The van der Waals surface area contributed by atoms with Gasteiger partial charge in [0.2, 0.25) is 12.7 Å². The van der Waals surface area contributed by atoms with Gasteiger partial charge in [-0.2, -0.15) is 0 Å². The van der Waals surface area contributed by atoms with E-state index in [1.807, 2.05) is 0 Å². The summed E-state index contributed by atoms with van der Waals surface area (Å²) >= 11 is 0. The number of fused-ring (bicyclic) bond motifs is 1. The fourth-order valence-corrected chi connectivity index (χ4v) is 2.87. The molecule has 4 rings (SSSR count). The molecule has 2 aromatic carbocycles. The lowest BCUT2D eigenvalue weighted by Crippen LogP contribution is -2.27. The predicted molar refractivity (Wildman–Crippen MR) is 85.1 cm³/mol. The maximum atomic E-state index is 12.9. The van der Waals surface area contributed by atoms with E-state index < -0.39 is 17.7 Å². The molecule has 0 radical (unpaired) electrons. The minimum atomic E-state index is -0.581. The summed E-state index contributed by atoms with van der Waals surface area (Å²) in [7, 11) is 0. The van der Waals surface area contributed by atoms with E-state index in [2.05, 4.69) is 0 Å². The molecule has 2 aromatic rings. The number of esters is 1. The van der Waals surface area contributed by atoms with Gasteiger partial charge in [0.1, 0.15) is 11.6 Å². The van der Waals surface area contributed by atoms with Crippen molar-refractivity contribution < 1.29 is 28.2 Å². The molecule has 128 valence electrons. The van der Waals surface area contributed by atoms with Gasteiger partial charge in [0.05, 0.1) is 5.92 Å². The first-order valence-electron chi connectivity index (χ1n) is 7.77. The van der Waals surface area contributed by atoms with Crippen LogP contribution in [0.15, 0.2) is 42.5 Å². The van der Waals surface area contributed by atoms with E-state index in [1.54, 1.807) is 18.2 Å². The maximum Gasteiger partial charge on any atom is 0.316 e. The van der Waals surface area contributed by atoms with Gasteiger partial charge in [-0.15, -0.1) is 0 Å². The number of ether oxygens (including phenoxy) is 3. The topological polar surface area (TPSA) is 65.1 Å². The van der Waals surface area contributed by atoms with E-state index in [4.69, 9.17) is 14.2 Å². The molecule has 1 atom stereocenters. The molecule has 25 heavy (non-hydrogen) atoms. The second-order valence-electron chi connectivity index (χ2n) is 5.82. The summed E-state index contributed by atoms with van der Waals surface area (Å²) < 4.78 is 28.7. The fraction of sp³-hybridized carbons (Fsp3) is 0.222. The van der Waals surface area contributed by atoms with E-state index in [-0.39, 0.29) is 31.4 Å². The van der Waals surface area contributed by atoms with Gasteiger partial charge < -0.3 is 19.1 Å². The maximum absolute atomic E-state index is 12.9. The van der Waals surface area contributed by atoms with Crippen LogP contribution in [0.4, 0.5) is 10.1 Å². The van der Waals surface area contributed by atoms with Crippen molar-refractivity contribution in [2.75, 3.05) is 18.2 Å². The summed E-state index contributed by atoms with van der Waals surface area (Å²) in [4.78, 5) is 26.1. The molecular formula is C18H14FNO5. The van der Waals surface area contributed by atoms with Crippen LogP contribution in [-0.4, -0.2) is 25.2 Å². The zero-order valence-corrected chi connectivity index (χ0v) is 13.1.